The molecule has 0 spiro atoms. The first-order valence-corrected chi connectivity index (χ1v) is 6.65. The van der Waals surface area contributed by atoms with E-state index in [0.717, 1.165) is 16.2 Å². The molecule has 1 N–H and O–H groups in total. The van der Waals surface area contributed by atoms with Crippen molar-refractivity contribution in [1.82, 2.24) is 0 Å². The zero-order chi connectivity index (χ0) is 10.4. The van der Waals surface area contributed by atoms with Gasteiger partial charge in [-0.2, -0.15) is 0 Å². The second-order valence-corrected chi connectivity index (χ2v) is 5.14. The summed E-state index contributed by atoms with van der Waals surface area (Å²) < 4.78 is 12.5. The Bertz CT molecular complexity index is 297. The number of carbonyl (C=O) groups is 1. The predicted octanol–water partition coefficient (Wildman–Crippen LogP) is 1.92. The van der Waals surface area contributed by atoms with Crippen LogP contribution in [0.5, 0.6) is 0 Å². The molecule has 0 aliphatic rings. The molecule has 1 aromatic rings. The molecule has 1 aromatic carbocycles. The Labute approximate surface area is 88.3 Å². The molecule has 0 bridgehead atoms. The molecule has 76 valence electrons. The summed E-state index contributed by atoms with van der Waals surface area (Å²) in [5, 5.41) is 10.0. The molecule has 1 rings (SSSR count). The molecule has 0 radical (unpaired) electrons. The van der Waals surface area contributed by atoms with Crippen LogP contribution < -0.4 is 0 Å². The molecule has 0 aliphatic carbocycles. The summed E-state index contributed by atoms with van der Waals surface area (Å²) >= 11 is 0.302. The van der Waals surface area contributed by atoms with Gasteiger partial charge in [0.05, 0.1) is 0 Å². The minimum absolute atomic E-state index is 0.230. The fourth-order valence-corrected chi connectivity index (χ4v) is 2.80. The molecule has 0 aliphatic heterocycles. The first kappa shape index (κ1) is 11.2. The number of hydrogen-bond acceptors (Lipinski definition) is 1. The standard InChI is InChI=1S/C10H11FO2Se/c11-9-3-1-8(2-4-9)7-14-6-5-10(12)13/h1-4H,5-7H2,(H,12,13). The Morgan fingerprint density at radius 1 is 1.36 bits per heavy atom. The zero-order valence-corrected chi connectivity index (χ0v) is 9.29. The van der Waals surface area contributed by atoms with Gasteiger partial charge in [-0.1, -0.05) is 0 Å². The number of benzene rings is 1. The molecular weight excluding hydrogens is 250 g/mol. The fraction of sp³-hybridized carbons (Fsp3) is 0.300. The molecule has 0 amide bonds. The van der Waals surface area contributed by atoms with Crippen molar-refractivity contribution in [2.24, 2.45) is 0 Å². The number of rotatable bonds is 5. The van der Waals surface area contributed by atoms with Crippen LogP contribution in [0.15, 0.2) is 24.3 Å². The summed E-state index contributed by atoms with van der Waals surface area (Å²) in [6, 6.07) is 6.36. The average molecular weight is 261 g/mol. The van der Waals surface area contributed by atoms with E-state index in [-0.39, 0.29) is 12.2 Å². The second kappa shape index (κ2) is 5.78. The Kier molecular flexibility index (Phi) is 4.63. The third-order valence-electron chi connectivity index (χ3n) is 1.64. The first-order chi connectivity index (χ1) is 6.68. The Morgan fingerprint density at radius 3 is 2.57 bits per heavy atom. The molecular formula is C10H11FO2Se. The van der Waals surface area contributed by atoms with E-state index < -0.39 is 5.97 Å². The summed E-state index contributed by atoms with van der Waals surface area (Å²) in [5.74, 6) is -0.974. The summed E-state index contributed by atoms with van der Waals surface area (Å²) in [6.07, 6.45) is 0.237. The summed E-state index contributed by atoms with van der Waals surface area (Å²) in [6.45, 7) is 0. The monoisotopic (exact) mass is 262 g/mol. The van der Waals surface area contributed by atoms with Crippen molar-refractivity contribution < 1.29 is 14.3 Å². The third-order valence-corrected chi connectivity index (χ3v) is 3.80. The maximum atomic E-state index is 12.5. The molecule has 0 fully saturated rings. The third kappa shape index (κ3) is 4.40. The van der Waals surface area contributed by atoms with Crippen LogP contribution in [0, 0.1) is 5.82 Å². The predicted molar refractivity (Wildman–Crippen MR) is 52.9 cm³/mol. The SMILES string of the molecule is O=C(O)CC[Se]Cc1ccc(F)cc1. The Morgan fingerprint density at radius 2 is 2.00 bits per heavy atom. The van der Waals surface area contributed by atoms with Gasteiger partial charge in [0.1, 0.15) is 0 Å². The van der Waals surface area contributed by atoms with Crippen molar-refractivity contribution in [3.05, 3.63) is 35.6 Å². The van der Waals surface area contributed by atoms with Gasteiger partial charge in [-0.25, -0.2) is 0 Å². The van der Waals surface area contributed by atoms with E-state index in [0.29, 0.717) is 15.0 Å². The topological polar surface area (TPSA) is 37.3 Å². The number of halogens is 1. The van der Waals surface area contributed by atoms with E-state index in [9.17, 15) is 9.18 Å². The van der Waals surface area contributed by atoms with Gasteiger partial charge < -0.3 is 0 Å². The van der Waals surface area contributed by atoms with Gasteiger partial charge in [0.15, 0.2) is 0 Å². The summed E-state index contributed by atoms with van der Waals surface area (Å²) in [7, 11) is 0. The van der Waals surface area contributed by atoms with Gasteiger partial charge in [-0.3, -0.25) is 0 Å². The van der Waals surface area contributed by atoms with Crippen LogP contribution in [0.3, 0.4) is 0 Å². The van der Waals surface area contributed by atoms with Crippen molar-refractivity contribution in [2.75, 3.05) is 0 Å². The fourth-order valence-electron chi connectivity index (χ4n) is 0.930. The van der Waals surface area contributed by atoms with Crippen LogP contribution in [0.25, 0.3) is 0 Å². The van der Waals surface area contributed by atoms with Crippen molar-refractivity contribution in [1.29, 1.82) is 0 Å². The van der Waals surface area contributed by atoms with Crippen LogP contribution in [-0.2, 0) is 10.1 Å². The average Bonchev–Trinajstić information content (AvgIpc) is 2.15. The van der Waals surface area contributed by atoms with Crippen molar-refractivity contribution in [3.63, 3.8) is 0 Å². The number of carboxylic acids is 1. The van der Waals surface area contributed by atoms with Crippen LogP contribution in [-0.4, -0.2) is 26.0 Å². The first-order valence-electron chi connectivity index (χ1n) is 4.22. The molecule has 14 heavy (non-hydrogen) atoms. The molecule has 0 aromatic heterocycles. The molecule has 0 heterocycles. The minimum atomic E-state index is -0.744. The zero-order valence-electron chi connectivity index (χ0n) is 7.57. The van der Waals surface area contributed by atoms with Gasteiger partial charge in [0.25, 0.3) is 0 Å². The normalized spacial score (nSPS) is 10.1. The van der Waals surface area contributed by atoms with Crippen LogP contribution in [0.2, 0.25) is 5.32 Å². The van der Waals surface area contributed by atoms with Crippen molar-refractivity contribution in [3.8, 4) is 0 Å². The van der Waals surface area contributed by atoms with E-state index in [1.54, 1.807) is 12.1 Å². The molecule has 0 unspecified atom stereocenters. The van der Waals surface area contributed by atoms with E-state index in [4.69, 9.17) is 5.11 Å². The van der Waals surface area contributed by atoms with E-state index >= 15 is 0 Å². The summed E-state index contributed by atoms with van der Waals surface area (Å²) in [4.78, 5) is 10.2. The van der Waals surface area contributed by atoms with E-state index in [1.165, 1.54) is 12.1 Å². The number of hydrogen-bond donors (Lipinski definition) is 1. The molecule has 2 nitrogen and oxygen atoms in total. The van der Waals surface area contributed by atoms with Gasteiger partial charge in [0.2, 0.25) is 0 Å². The van der Waals surface area contributed by atoms with Gasteiger partial charge in [0, 0.05) is 0 Å². The summed E-state index contributed by atoms with van der Waals surface area (Å²) in [5.41, 5.74) is 1.08. The molecule has 4 heteroatoms. The molecule has 0 atom stereocenters. The van der Waals surface area contributed by atoms with E-state index in [1.807, 2.05) is 0 Å². The quantitative estimate of drug-likeness (QED) is 0.649. The Hall–Kier alpha value is -0.861. The molecule has 0 saturated heterocycles. The van der Waals surface area contributed by atoms with Gasteiger partial charge >= 0.3 is 87.9 Å². The van der Waals surface area contributed by atoms with Crippen molar-refractivity contribution in [2.45, 2.75) is 17.1 Å². The Balaban J connectivity index is 2.25. The number of aliphatic carboxylic acids is 1. The van der Waals surface area contributed by atoms with Gasteiger partial charge in [-0.05, 0) is 0 Å². The maximum absolute atomic E-state index is 12.5. The number of carboxylic acid groups (broad SMARTS) is 1. The molecule has 0 saturated carbocycles. The van der Waals surface area contributed by atoms with Gasteiger partial charge in [-0.15, -0.1) is 0 Å². The van der Waals surface area contributed by atoms with Crippen LogP contribution in [0.4, 0.5) is 4.39 Å². The van der Waals surface area contributed by atoms with E-state index in [2.05, 4.69) is 0 Å². The van der Waals surface area contributed by atoms with Crippen molar-refractivity contribution >= 4 is 20.9 Å². The van der Waals surface area contributed by atoms with Crippen LogP contribution in [0.1, 0.15) is 12.0 Å². The van der Waals surface area contributed by atoms with Crippen LogP contribution >= 0.6 is 0 Å². The second-order valence-electron chi connectivity index (χ2n) is 2.82.